The van der Waals surface area contributed by atoms with Crippen LogP contribution in [0, 0.1) is 6.92 Å². The molecule has 2 N–H and O–H groups in total. The van der Waals surface area contributed by atoms with Crippen LogP contribution in [0.5, 0.6) is 0 Å². The Bertz CT molecular complexity index is 787. The van der Waals surface area contributed by atoms with Gasteiger partial charge >= 0.3 is 0 Å². The van der Waals surface area contributed by atoms with Gasteiger partial charge in [0.1, 0.15) is 0 Å². The monoisotopic (exact) mass is 300 g/mol. The number of anilines is 1. The quantitative estimate of drug-likeness (QED) is 0.682. The van der Waals surface area contributed by atoms with Crippen molar-refractivity contribution in [2.24, 2.45) is 0 Å². The molecule has 0 spiro atoms. The third-order valence-electron chi connectivity index (χ3n) is 3.06. The van der Waals surface area contributed by atoms with Gasteiger partial charge in [-0.05, 0) is 43.3 Å². The first-order valence-corrected chi connectivity index (χ1v) is 7.41. The third kappa shape index (κ3) is 2.60. The molecule has 4 heteroatoms. The molecule has 0 radical (unpaired) electrons. The minimum atomic E-state index is 0.743. The lowest BCUT2D eigenvalue weighted by Gasteiger charge is -2.09. The fourth-order valence-electron chi connectivity index (χ4n) is 2.09. The van der Waals surface area contributed by atoms with Gasteiger partial charge in [-0.1, -0.05) is 29.4 Å². The van der Waals surface area contributed by atoms with E-state index in [1.165, 1.54) is 0 Å². The molecule has 3 rings (SSSR count). The lowest BCUT2D eigenvalue weighted by molar-refractivity contribution is 1.22. The Morgan fingerprint density at radius 1 is 1.10 bits per heavy atom. The average Bonchev–Trinajstić information content (AvgIpc) is 2.42. The number of aromatic nitrogens is 1. The highest BCUT2D eigenvalue weighted by atomic mass is 35.5. The summed E-state index contributed by atoms with van der Waals surface area (Å²) in [6.07, 6.45) is 1.84. The van der Waals surface area contributed by atoms with E-state index >= 15 is 0 Å². The van der Waals surface area contributed by atoms with Gasteiger partial charge in [0.15, 0.2) is 0 Å². The molecule has 0 fully saturated rings. The maximum Gasteiger partial charge on any atom is 0.0417 e. The van der Waals surface area contributed by atoms with Crippen LogP contribution >= 0.6 is 23.4 Å². The lowest BCUT2D eigenvalue weighted by Crippen LogP contribution is -1.90. The molecule has 0 atom stereocenters. The number of benzene rings is 2. The van der Waals surface area contributed by atoms with E-state index in [4.69, 9.17) is 17.3 Å². The highest BCUT2D eigenvalue weighted by molar-refractivity contribution is 7.99. The number of aryl methyl sites for hydroxylation is 1. The topological polar surface area (TPSA) is 38.9 Å². The maximum absolute atomic E-state index is 6.04. The number of halogens is 1. The van der Waals surface area contributed by atoms with Gasteiger partial charge < -0.3 is 5.73 Å². The van der Waals surface area contributed by atoms with Crippen LogP contribution in [0.4, 0.5) is 5.69 Å². The first-order valence-electron chi connectivity index (χ1n) is 6.22. The van der Waals surface area contributed by atoms with Gasteiger partial charge in [-0.3, -0.25) is 4.98 Å². The fourth-order valence-corrected chi connectivity index (χ4v) is 3.34. The lowest BCUT2D eigenvalue weighted by atomic mass is 10.1. The maximum atomic E-state index is 6.04. The van der Waals surface area contributed by atoms with Crippen molar-refractivity contribution >= 4 is 39.8 Å². The van der Waals surface area contributed by atoms with Crippen molar-refractivity contribution in [1.82, 2.24) is 4.98 Å². The van der Waals surface area contributed by atoms with Crippen molar-refractivity contribution in [3.05, 3.63) is 59.4 Å². The number of pyridine rings is 1. The molecule has 2 nitrogen and oxygen atoms in total. The number of nitrogens with zero attached hydrogens (tertiary/aromatic N) is 1. The molecule has 0 aliphatic rings. The number of fused-ring (bicyclic) bond motifs is 1. The molecule has 0 saturated heterocycles. The standard InChI is InChI=1S/C16H13ClN2S/c1-10-7-13-14(9-19-10)15(18)5-6-16(13)20-12-4-2-3-11(17)8-12/h2-9H,18H2,1H3. The zero-order chi connectivity index (χ0) is 14.1. The van der Waals surface area contributed by atoms with Crippen LogP contribution in [-0.2, 0) is 0 Å². The van der Waals surface area contributed by atoms with Gasteiger partial charge in [0, 0.05) is 43.2 Å². The van der Waals surface area contributed by atoms with Crippen LogP contribution in [0.25, 0.3) is 10.8 Å². The number of nitrogens with two attached hydrogens (primary N) is 1. The van der Waals surface area contributed by atoms with E-state index in [-0.39, 0.29) is 0 Å². The Balaban J connectivity index is 2.12. The predicted octanol–water partition coefficient (Wildman–Crippen LogP) is 4.93. The Morgan fingerprint density at radius 3 is 2.75 bits per heavy atom. The van der Waals surface area contributed by atoms with Crippen LogP contribution in [0.2, 0.25) is 5.02 Å². The largest absolute Gasteiger partial charge is 0.398 e. The molecular weight excluding hydrogens is 288 g/mol. The summed E-state index contributed by atoms with van der Waals surface area (Å²) < 4.78 is 0. The summed E-state index contributed by atoms with van der Waals surface area (Å²) in [6, 6.07) is 13.9. The van der Waals surface area contributed by atoms with Crippen molar-refractivity contribution in [2.75, 3.05) is 5.73 Å². The summed E-state index contributed by atoms with van der Waals surface area (Å²) >= 11 is 7.72. The Hall–Kier alpha value is -1.71. The van der Waals surface area contributed by atoms with Crippen LogP contribution in [0.15, 0.2) is 58.5 Å². The van der Waals surface area contributed by atoms with Gasteiger partial charge in [-0.15, -0.1) is 0 Å². The Morgan fingerprint density at radius 2 is 1.95 bits per heavy atom. The first-order chi connectivity index (χ1) is 9.63. The second-order valence-electron chi connectivity index (χ2n) is 4.58. The SMILES string of the molecule is Cc1cc2c(Sc3cccc(Cl)c3)ccc(N)c2cn1. The molecule has 2 aromatic carbocycles. The minimum Gasteiger partial charge on any atom is -0.398 e. The van der Waals surface area contributed by atoms with Crippen molar-refractivity contribution in [1.29, 1.82) is 0 Å². The molecule has 1 heterocycles. The second kappa shape index (κ2) is 5.35. The van der Waals surface area contributed by atoms with Gasteiger partial charge in [0.2, 0.25) is 0 Å². The summed E-state index contributed by atoms with van der Waals surface area (Å²) in [5.41, 5.74) is 7.76. The van der Waals surface area contributed by atoms with Crippen LogP contribution in [0.3, 0.4) is 0 Å². The van der Waals surface area contributed by atoms with E-state index in [0.29, 0.717) is 0 Å². The van der Waals surface area contributed by atoms with Gasteiger partial charge in [0.25, 0.3) is 0 Å². The molecule has 0 saturated carbocycles. The summed E-state index contributed by atoms with van der Waals surface area (Å²) in [7, 11) is 0. The molecule has 1 aromatic heterocycles. The zero-order valence-corrected chi connectivity index (χ0v) is 12.5. The molecule has 20 heavy (non-hydrogen) atoms. The van der Waals surface area contributed by atoms with Crippen LogP contribution < -0.4 is 5.73 Å². The number of hydrogen-bond donors (Lipinski definition) is 1. The summed E-state index contributed by atoms with van der Waals surface area (Å²) in [6.45, 7) is 1.98. The zero-order valence-electron chi connectivity index (χ0n) is 10.9. The predicted molar refractivity (Wildman–Crippen MR) is 86.5 cm³/mol. The molecular formula is C16H13ClN2S. The minimum absolute atomic E-state index is 0.743. The molecule has 3 aromatic rings. The number of rotatable bonds is 2. The van der Waals surface area contributed by atoms with Gasteiger partial charge in [-0.25, -0.2) is 0 Å². The smallest absolute Gasteiger partial charge is 0.0417 e. The van der Waals surface area contributed by atoms with E-state index in [9.17, 15) is 0 Å². The van der Waals surface area contributed by atoms with E-state index < -0.39 is 0 Å². The molecule has 100 valence electrons. The van der Waals surface area contributed by atoms with E-state index in [1.54, 1.807) is 11.8 Å². The Kier molecular flexibility index (Phi) is 3.55. The van der Waals surface area contributed by atoms with E-state index in [0.717, 1.165) is 37.0 Å². The summed E-state index contributed by atoms with van der Waals surface area (Å²) in [4.78, 5) is 6.58. The van der Waals surface area contributed by atoms with E-state index in [2.05, 4.69) is 11.1 Å². The number of hydrogen-bond acceptors (Lipinski definition) is 3. The highest BCUT2D eigenvalue weighted by Gasteiger charge is 2.07. The van der Waals surface area contributed by atoms with Crippen molar-refractivity contribution < 1.29 is 0 Å². The molecule has 0 aliphatic heterocycles. The summed E-state index contributed by atoms with van der Waals surface area (Å²) in [5, 5.41) is 2.86. The van der Waals surface area contributed by atoms with Crippen molar-refractivity contribution in [2.45, 2.75) is 16.7 Å². The third-order valence-corrected chi connectivity index (χ3v) is 4.36. The summed E-state index contributed by atoms with van der Waals surface area (Å²) in [5.74, 6) is 0. The second-order valence-corrected chi connectivity index (χ2v) is 6.14. The molecule has 0 amide bonds. The molecule has 0 aliphatic carbocycles. The Labute approximate surface area is 127 Å². The fraction of sp³-hybridized carbons (Fsp3) is 0.0625. The van der Waals surface area contributed by atoms with Gasteiger partial charge in [0.05, 0.1) is 0 Å². The first kappa shape index (κ1) is 13.3. The van der Waals surface area contributed by atoms with Crippen LogP contribution in [-0.4, -0.2) is 4.98 Å². The molecule has 0 unspecified atom stereocenters. The molecule has 0 bridgehead atoms. The van der Waals surface area contributed by atoms with Crippen molar-refractivity contribution in [3.63, 3.8) is 0 Å². The van der Waals surface area contributed by atoms with Gasteiger partial charge in [-0.2, -0.15) is 0 Å². The number of nitrogen functional groups attached to an aromatic ring is 1. The normalized spacial score (nSPS) is 10.9. The van der Waals surface area contributed by atoms with E-state index in [1.807, 2.05) is 49.5 Å². The average molecular weight is 301 g/mol. The van der Waals surface area contributed by atoms with Crippen LogP contribution in [0.1, 0.15) is 5.69 Å². The van der Waals surface area contributed by atoms with Crippen molar-refractivity contribution in [3.8, 4) is 0 Å². The highest BCUT2D eigenvalue weighted by Crippen LogP contribution is 2.36.